The third-order valence-corrected chi connectivity index (χ3v) is 6.39. The zero-order chi connectivity index (χ0) is 21.0. The van der Waals surface area contributed by atoms with E-state index < -0.39 is 17.4 Å². The van der Waals surface area contributed by atoms with Crippen molar-refractivity contribution < 1.29 is 13.5 Å². The highest BCUT2D eigenvalue weighted by Crippen LogP contribution is 2.40. The molecular weight excluding hydrogens is 414 g/mol. The third-order valence-electron chi connectivity index (χ3n) is 5.26. The number of hydrogen-bond donors (Lipinski definition) is 1. The number of methoxy groups -OCH3 is 1. The molecule has 1 saturated heterocycles. The van der Waals surface area contributed by atoms with Gasteiger partial charge in [-0.3, -0.25) is 9.20 Å². The molecule has 11 heteroatoms. The van der Waals surface area contributed by atoms with Gasteiger partial charge in [-0.2, -0.15) is 5.10 Å². The number of imidazole rings is 1. The van der Waals surface area contributed by atoms with Gasteiger partial charge in [-0.05, 0) is 13.5 Å². The third kappa shape index (κ3) is 2.88. The highest BCUT2D eigenvalue weighted by Gasteiger charge is 2.45. The first-order valence-electron chi connectivity index (χ1n) is 9.38. The zero-order valence-corrected chi connectivity index (χ0v) is 17.0. The van der Waals surface area contributed by atoms with Gasteiger partial charge in [0.15, 0.2) is 28.2 Å². The molecule has 0 spiro atoms. The number of nitrogens with zero attached hydrogens (tertiary/aromatic N) is 5. The summed E-state index contributed by atoms with van der Waals surface area (Å²) in [5, 5.41) is 7.31. The summed E-state index contributed by atoms with van der Waals surface area (Å²) in [5.41, 5.74) is -0.491. The van der Waals surface area contributed by atoms with Crippen molar-refractivity contribution in [3.8, 4) is 17.1 Å². The summed E-state index contributed by atoms with van der Waals surface area (Å²) in [6.07, 6.45) is 1.40. The minimum Gasteiger partial charge on any atom is -0.493 e. The Morgan fingerprint density at radius 2 is 2.13 bits per heavy atom. The topological polar surface area (TPSA) is 85.8 Å². The standard InChI is InChI=1S/C19H18F2N6O2S/c1-10-8-27-17(23-10)13(29-2)5-12(25-27)11-6-16(28)26-9-15(30-18(26)24-11)19(21)3-4-22-7-14(19)20/h5-6,8-9,14,22H,3-4,7H2,1-2H3. The second kappa shape index (κ2) is 6.81. The van der Waals surface area contributed by atoms with Crippen LogP contribution in [0, 0.1) is 6.92 Å². The van der Waals surface area contributed by atoms with Crippen LogP contribution in [0.4, 0.5) is 8.78 Å². The van der Waals surface area contributed by atoms with Gasteiger partial charge < -0.3 is 10.1 Å². The van der Waals surface area contributed by atoms with E-state index in [4.69, 9.17) is 4.74 Å². The van der Waals surface area contributed by atoms with Crippen molar-refractivity contribution in [3.05, 3.63) is 45.5 Å². The molecule has 2 atom stereocenters. The fourth-order valence-electron chi connectivity index (χ4n) is 3.66. The molecule has 30 heavy (non-hydrogen) atoms. The molecule has 0 radical (unpaired) electrons. The van der Waals surface area contributed by atoms with Crippen molar-refractivity contribution in [3.63, 3.8) is 0 Å². The van der Waals surface area contributed by atoms with Crippen LogP contribution in [0.1, 0.15) is 17.0 Å². The molecule has 0 aliphatic carbocycles. The summed E-state index contributed by atoms with van der Waals surface area (Å²) in [6, 6.07) is 2.97. The predicted octanol–water partition coefficient (Wildman–Crippen LogP) is 2.28. The molecule has 1 N–H and O–H groups in total. The summed E-state index contributed by atoms with van der Waals surface area (Å²) < 4.78 is 37.9. The van der Waals surface area contributed by atoms with Crippen LogP contribution in [0.5, 0.6) is 5.75 Å². The number of nitrogens with one attached hydrogen (secondary N) is 1. The number of alkyl halides is 2. The summed E-state index contributed by atoms with van der Waals surface area (Å²) in [5.74, 6) is 0.486. The summed E-state index contributed by atoms with van der Waals surface area (Å²) in [7, 11) is 1.52. The van der Waals surface area contributed by atoms with Crippen molar-refractivity contribution in [1.29, 1.82) is 0 Å². The summed E-state index contributed by atoms with van der Waals surface area (Å²) in [6.45, 7) is 2.14. The van der Waals surface area contributed by atoms with Crippen molar-refractivity contribution >= 4 is 21.9 Å². The molecule has 1 aliphatic heterocycles. The molecule has 0 amide bonds. The molecule has 1 fully saturated rings. The monoisotopic (exact) mass is 432 g/mol. The van der Waals surface area contributed by atoms with E-state index in [9.17, 15) is 9.18 Å². The van der Waals surface area contributed by atoms with Crippen molar-refractivity contribution in [1.82, 2.24) is 29.3 Å². The molecule has 2 unspecified atom stereocenters. The Balaban J connectivity index is 1.65. The molecule has 156 valence electrons. The molecule has 5 rings (SSSR count). The van der Waals surface area contributed by atoms with E-state index in [0.717, 1.165) is 17.0 Å². The first kappa shape index (κ1) is 19.1. The summed E-state index contributed by atoms with van der Waals surface area (Å²) in [4.78, 5) is 22.0. The van der Waals surface area contributed by atoms with Crippen LogP contribution >= 0.6 is 11.3 Å². The van der Waals surface area contributed by atoms with E-state index in [1.54, 1.807) is 16.8 Å². The SMILES string of the molecule is COc1cc(-c2cc(=O)n3cc(C4(F)CCNCC4F)sc3n2)nn2cc(C)nc12. The molecule has 4 aromatic heterocycles. The maximum Gasteiger partial charge on any atom is 0.259 e. The number of aromatic nitrogens is 5. The Morgan fingerprint density at radius 1 is 1.30 bits per heavy atom. The van der Waals surface area contributed by atoms with Gasteiger partial charge in [-0.25, -0.2) is 23.3 Å². The first-order valence-corrected chi connectivity index (χ1v) is 10.2. The molecule has 0 bridgehead atoms. The van der Waals surface area contributed by atoms with Crippen LogP contribution in [0.25, 0.3) is 22.0 Å². The molecular formula is C19H18F2N6O2S. The minimum absolute atomic E-state index is 0.00199. The lowest BCUT2D eigenvalue weighted by Gasteiger charge is -2.32. The molecule has 0 aromatic carbocycles. The lowest BCUT2D eigenvalue weighted by molar-refractivity contribution is 0.0215. The lowest BCUT2D eigenvalue weighted by Crippen LogP contribution is -2.46. The maximum absolute atomic E-state index is 15.4. The van der Waals surface area contributed by atoms with E-state index in [1.165, 1.54) is 23.8 Å². The predicted molar refractivity (Wildman–Crippen MR) is 108 cm³/mol. The van der Waals surface area contributed by atoms with Gasteiger partial charge in [0.25, 0.3) is 5.56 Å². The Hall–Kier alpha value is -2.92. The number of piperidine rings is 1. The number of fused-ring (bicyclic) bond motifs is 2. The lowest BCUT2D eigenvalue weighted by atomic mass is 9.91. The average molecular weight is 432 g/mol. The number of ether oxygens (including phenoxy) is 1. The Bertz CT molecular complexity index is 1330. The largest absolute Gasteiger partial charge is 0.493 e. The molecule has 1 aliphatic rings. The van der Waals surface area contributed by atoms with Crippen LogP contribution in [-0.2, 0) is 5.67 Å². The van der Waals surface area contributed by atoms with Crippen molar-refractivity contribution in [2.75, 3.05) is 20.2 Å². The number of hydrogen-bond acceptors (Lipinski definition) is 7. The van der Waals surface area contributed by atoms with Gasteiger partial charge in [0.2, 0.25) is 0 Å². The zero-order valence-electron chi connectivity index (χ0n) is 16.2. The van der Waals surface area contributed by atoms with Crippen LogP contribution in [0.15, 0.2) is 29.3 Å². The summed E-state index contributed by atoms with van der Waals surface area (Å²) >= 11 is 0.978. The Kier molecular flexibility index (Phi) is 4.33. The normalized spacial score (nSPS) is 22.1. The van der Waals surface area contributed by atoms with E-state index >= 15 is 4.39 Å². The van der Waals surface area contributed by atoms with Crippen LogP contribution in [-0.4, -0.2) is 50.4 Å². The minimum atomic E-state index is -2.13. The van der Waals surface area contributed by atoms with Gasteiger partial charge in [-0.1, -0.05) is 11.3 Å². The van der Waals surface area contributed by atoms with E-state index in [2.05, 4.69) is 20.4 Å². The fourth-order valence-corrected chi connectivity index (χ4v) is 4.80. The number of thiazole rings is 1. The second-order valence-electron chi connectivity index (χ2n) is 7.26. The maximum atomic E-state index is 15.4. The average Bonchev–Trinajstić information content (AvgIpc) is 3.32. The van der Waals surface area contributed by atoms with Gasteiger partial charge in [-0.15, -0.1) is 0 Å². The Morgan fingerprint density at radius 3 is 2.90 bits per heavy atom. The number of aryl methyl sites for hydroxylation is 1. The fraction of sp³-hybridized carbons (Fsp3) is 0.368. The van der Waals surface area contributed by atoms with Crippen LogP contribution in [0.3, 0.4) is 0 Å². The smallest absolute Gasteiger partial charge is 0.259 e. The molecule has 8 nitrogen and oxygen atoms in total. The van der Waals surface area contributed by atoms with E-state index in [-0.39, 0.29) is 22.8 Å². The number of rotatable bonds is 3. The van der Waals surface area contributed by atoms with Crippen molar-refractivity contribution in [2.45, 2.75) is 25.2 Å². The molecule has 0 saturated carbocycles. The quantitative estimate of drug-likeness (QED) is 0.535. The van der Waals surface area contributed by atoms with Gasteiger partial charge in [0.1, 0.15) is 5.69 Å². The van der Waals surface area contributed by atoms with E-state index in [1.807, 2.05) is 6.92 Å². The van der Waals surface area contributed by atoms with Crippen molar-refractivity contribution in [2.24, 2.45) is 0 Å². The van der Waals surface area contributed by atoms with Gasteiger partial charge in [0.05, 0.1) is 29.6 Å². The van der Waals surface area contributed by atoms with E-state index in [0.29, 0.717) is 29.3 Å². The molecule has 4 aromatic rings. The van der Waals surface area contributed by atoms with Crippen LogP contribution < -0.4 is 15.6 Å². The first-order chi connectivity index (χ1) is 14.4. The van der Waals surface area contributed by atoms with Crippen LogP contribution in [0.2, 0.25) is 0 Å². The van der Waals surface area contributed by atoms with Gasteiger partial charge in [0, 0.05) is 31.3 Å². The molecule has 5 heterocycles. The Labute approximate surface area is 173 Å². The second-order valence-corrected chi connectivity index (χ2v) is 8.27. The highest BCUT2D eigenvalue weighted by atomic mass is 32.1. The highest BCUT2D eigenvalue weighted by molar-refractivity contribution is 7.17. The van der Waals surface area contributed by atoms with Gasteiger partial charge >= 0.3 is 0 Å². The number of halogens is 2.